The monoisotopic (exact) mass is 575 g/mol. The van der Waals surface area contributed by atoms with Gasteiger partial charge in [-0.25, -0.2) is 0 Å². The minimum Gasteiger partial charge on any atom is -0.192 e. The Labute approximate surface area is 265 Å². The van der Waals surface area contributed by atoms with Gasteiger partial charge in [-0.3, -0.25) is 0 Å². The molecule has 0 aromatic heterocycles. The van der Waals surface area contributed by atoms with Crippen molar-refractivity contribution in [1.29, 1.82) is 5.26 Å². The molecule has 0 amide bonds. The molecule has 0 fully saturated rings. The van der Waals surface area contributed by atoms with Gasteiger partial charge in [0.1, 0.15) is 0 Å². The van der Waals surface area contributed by atoms with Crippen LogP contribution >= 0.6 is 0 Å². The Kier molecular flexibility index (Phi) is 8.17. The van der Waals surface area contributed by atoms with Gasteiger partial charge in [-0.05, 0) is 50.6 Å². The van der Waals surface area contributed by atoms with Gasteiger partial charge in [0.05, 0.1) is 11.6 Å². The Balaban J connectivity index is 1.53. The average Bonchev–Trinajstić information content (AvgIpc) is 3.05. The fourth-order valence-corrected chi connectivity index (χ4v) is 6.51. The summed E-state index contributed by atoms with van der Waals surface area (Å²) in [6, 6.07) is 48.3. The van der Waals surface area contributed by atoms with Crippen molar-refractivity contribution < 1.29 is 0 Å². The summed E-state index contributed by atoms with van der Waals surface area (Å²) in [5.41, 5.74) is 9.82. The van der Waals surface area contributed by atoms with E-state index in [4.69, 9.17) is 0 Å². The quantitative estimate of drug-likeness (QED) is 0.180. The molecule has 0 saturated heterocycles. The van der Waals surface area contributed by atoms with Gasteiger partial charge >= 0.3 is 0 Å². The van der Waals surface area contributed by atoms with Gasteiger partial charge in [-0.1, -0.05) is 177 Å². The highest BCUT2D eigenvalue weighted by molar-refractivity contribution is 5.53. The smallest absolute Gasteiger partial charge is 0.0994 e. The minimum atomic E-state index is -0.305. The van der Waals surface area contributed by atoms with Crippen LogP contribution in [0.4, 0.5) is 0 Å². The molecule has 5 aromatic carbocycles. The summed E-state index contributed by atoms with van der Waals surface area (Å²) in [5.74, 6) is 0. The molecule has 1 nitrogen and oxygen atoms in total. The van der Waals surface area contributed by atoms with Crippen LogP contribution in [0.2, 0.25) is 0 Å². The molecule has 0 heterocycles. The van der Waals surface area contributed by atoms with E-state index in [1.54, 1.807) is 0 Å². The second kappa shape index (κ2) is 11.6. The van der Waals surface area contributed by atoms with Crippen LogP contribution in [0, 0.1) is 11.3 Å². The highest BCUT2D eigenvalue weighted by Crippen LogP contribution is 2.41. The van der Waals surface area contributed by atoms with Crippen LogP contribution in [0.5, 0.6) is 0 Å². The number of nitrogens with zero attached hydrogens (tertiary/aromatic N) is 1. The molecular weight excluding hydrogens is 530 g/mol. The molecule has 0 bridgehead atoms. The summed E-state index contributed by atoms with van der Waals surface area (Å²) in [6.45, 7) is 18.3. The van der Waals surface area contributed by atoms with E-state index in [1.165, 1.54) is 38.9 Å². The topological polar surface area (TPSA) is 23.8 Å². The van der Waals surface area contributed by atoms with Crippen molar-refractivity contribution in [2.24, 2.45) is 0 Å². The molecule has 0 aliphatic rings. The molecule has 222 valence electrons. The maximum Gasteiger partial charge on any atom is 0.0994 e. The summed E-state index contributed by atoms with van der Waals surface area (Å²) < 4.78 is 0. The zero-order valence-corrected chi connectivity index (χ0v) is 27.6. The molecular formula is C43H45N. The number of nitriles is 1. The van der Waals surface area contributed by atoms with Crippen molar-refractivity contribution in [3.05, 3.63) is 177 Å². The van der Waals surface area contributed by atoms with Crippen molar-refractivity contribution in [2.75, 3.05) is 0 Å². The van der Waals surface area contributed by atoms with Crippen LogP contribution in [0.25, 0.3) is 0 Å². The molecule has 0 atom stereocenters. The van der Waals surface area contributed by atoms with Crippen LogP contribution in [-0.2, 0) is 21.7 Å². The zero-order valence-electron chi connectivity index (χ0n) is 27.6. The summed E-state index contributed by atoms with van der Waals surface area (Å²) in [4.78, 5) is 0. The van der Waals surface area contributed by atoms with E-state index in [0.717, 1.165) is 11.1 Å². The van der Waals surface area contributed by atoms with E-state index in [-0.39, 0.29) is 21.7 Å². The normalized spacial score (nSPS) is 12.5. The lowest BCUT2D eigenvalue weighted by Gasteiger charge is -2.33. The van der Waals surface area contributed by atoms with E-state index in [0.29, 0.717) is 0 Å². The highest BCUT2D eigenvalue weighted by Gasteiger charge is 2.32. The Morgan fingerprint density at radius 2 is 0.705 bits per heavy atom. The van der Waals surface area contributed by atoms with Gasteiger partial charge in [0.15, 0.2) is 0 Å². The molecule has 0 aliphatic carbocycles. The van der Waals surface area contributed by atoms with Crippen molar-refractivity contribution in [1.82, 2.24) is 0 Å². The third-order valence-corrected chi connectivity index (χ3v) is 10.1. The van der Waals surface area contributed by atoms with Crippen molar-refractivity contribution in [3.63, 3.8) is 0 Å². The van der Waals surface area contributed by atoms with Crippen molar-refractivity contribution in [2.45, 2.75) is 77.0 Å². The number of rotatable bonds is 8. The summed E-state index contributed by atoms with van der Waals surface area (Å²) in [6.07, 6.45) is 0. The average molecular weight is 576 g/mol. The first-order valence-corrected chi connectivity index (χ1v) is 15.7. The SMILES string of the molecule is CC(C)(c1ccccc1)c1cccc(C(C)(C)c2cccc(C(C)(C)c3ccc(C#N)c(C(C)(C)c4ccccc4)c3)c2)c1. The molecule has 0 saturated carbocycles. The maximum absolute atomic E-state index is 10.1. The Morgan fingerprint density at radius 3 is 1.11 bits per heavy atom. The fourth-order valence-electron chi connectivity index (χ4n) is 6.51. The Morgan fingerprint density at radius 1 is 0.364 bits per heavy atom. The number of benzene rings is 5. The summed E-state index contributed by atoms with van der Waals surface area (Å²) in [5, 5.41) is 10.1. The van der Waals surface area contributed by atoms with Gasteiger partial charge in [0, 0.05) is 21.7 Å². The first kappa shape index (κ1) is 31.0. The number of hydrogen-bond acceptors (Lipinski definition) is 1. The van der Waals surface area contributed by atoms with Gasteiger partial charge < -0.3 is 0 Å². The largest absolute Gasteiger partial charge is 0.192 e. The van der Waals surface area contributed by atoms with E-state index < -0.39 is 0 Å². The maximum atomic E-state index is 10.1. The third kappa shape index (κ3) is 5.62. The van der Waals surface area contributed by atoms with Crippen molar-refractivity contribution >= 4 is 0 Å². The highest BCUT2D eigenvalue weighted by atomic mass is 14.4. The van der Waals surface area contributed by atoms with Crippen LogP contribution in [-0.4, -0.2) is 0 Å². The van der Waals surface area contributed by atoms with Crippen LogP contribution in [0.3, 0.4) is 0 Å². The second-order valence-corrected chi connectivity index (χ2v) is 14.3. The summed E-state index contributed by atoms with van der Waals surface area (Å²) in [7, 11) is 0. The standard InChI is InChI=1S/C43H45N/c1-40(2,32-17-11-9-12-18-32)34-21-15-22-35(27-34)41(3,4)36-23-16-24-37(28-36)42(5,6)38-26-25-31(30-44)39(29-38)43(7,8)33-19-13-10-14-20-33/h9-29H,1-8H3. The molecule has 0 spiro atoms. The predicted octanol–water partition coefficient (Wildman–Crippen LogP) is 10.9. The summed E-state index contributed by atoms with van der Waals surface area (Å²) >= 11 is 0. The van der Waals surface area contributed by atoms with E-state index >= 15 is 0 Å². The zero-order chi connectivity index (χ0) is 31.8. The van der Waals surface area contributed by atoms with E-state index in [1.807, 2.05) is 12.1 Å². The molecule has 1 heteroatoms. The molecule has 0 radical (unpaired) electrons. The second-order valence-electron chi connectivity index (χ2n) is 14.3. The Hall–Kier alpha value is -4.41. The lowest BCUT2D eigenvalue weighted by Crippen LogP contribution is -2.25. The molecule has 0 N–H and O–H groups in total. The van der Waals surface area contributed by atoms with E-state index in [9.17, 15) is 5.26 Å². The van der Waals surface area contributed by atoms with Crippen molar-refractivity contribution in [3.8, 4) is 6.07 Å². The lowest BCUT2D eigenvalue weighted by atomic mass is 9.70. The van der Waals surface area contributed by atoms with Crippen LogP contribution in [0.1, 0.15) is 105 Å². The molecule has 5 rings (SSSR count). The fraction of sp³-hybridized carbons (Fsp3) is 0.279. The van der Waals surface area contributed by atoms with Gasteiger partial charge in [-0.15, -0.1) is 0 Å². The molecule has 0 aliphatic heterocycles. The van der Waals surface area contributed by atoms with Gasteiger partial charge in [0.2, 0.25) is 0 Å². The first-order chi connectivity index (χ1) is 20.8. The van der Waals surface area contributed by atoms with Crippen LogP contribution in [0.15, 0.2) is 127 Å². The van der Waals surface area contributed by atoms with Gasteiger partial charge in [0.25, 0.3) is 0 Å². The van der Waals surface area contributed by atoms with Crippen LogP contribution < -0.4 is 0 Å². The molecule has 0 unspecified atom stereocenters. The molecule has 44 heavy (non-hydrogen) atoms. The van der Waals surface area contributed by atoms with E-state index in [2.05, 4.69) is 177 Å². The first-order valence-electron chi connectivity index (χ1n) is 15.7. The minimum absolute atomic E-state index is 0.0992. The Bertz CT molecular complexity index is 1800. The van der Waals surface area contributed by atoms with Gasteiger partial charge in [-0.2, -0.15) is 5.26 Å². The lowest BCUT2D eigenvalue weighted by molar-refractivity contribution is 0.603. The third-order valence-electron chi connectivity index (χ3n) is 10.1. The predicted molar refractivity (Wildman–Crippen MR) is 185 cm³/mol. The molecule has 5 aromatic rings. The number of hydrogen-bond donors (Lipinski definition) is 0.